The van der Waals surface area contributed by atoms with Crippen LogP contribution in [0.4, 0.5) is 18.9 Å². The largest absolute Gasteiger partial charge is 0.513 e. The lowest BCUT2D eigenvalue weighted by Gasteiger charge is -2.26. The third-order valence-electron chi connectivity index (χ3n) is 4.87. The van der Waals surface area contributed by atoms with E-state index in [4.69, 9.17) is 16.7 Å². The Morgan fingerprint density at radius 2 is 1.83 bits per heavy atom. The van der Waals surface area contributed by atoms with Crippen LogP contribution in [0.15, 0.2) is 42.7 Å². The van der Waals surface area contributed by atoms with E-state index in [9.17, 15) is 13.2 Å². The molecule has 158 valence electrons. The minimum absolute atomic E-state index is 0.0904. The molecule has 2 rings (SSSR count). The summed E-state index contributed by atoms with van der Waals surface area (Å²) < 4.78 is 41.5. The average molecular weight is 427 g/mol. The highest BCUT2D eigenvalue weighted by Gasteiger charge is 2.41. The number of benzene rings is 2. The standard InChI is InChI=1S/C22H26ClF3N2O/c1-13-5-8-20(16(4)18(13)12-27-10-9-15(3)29)28-21(22(24,25)26)17-6-7-19(23)14(2)11-17/h5-8,11,21,27-29H,3,9-10,12H2,1-2,4H3/t21-/m0/s1. The van der Waals surface area contributed by atoms with Crippen LogP contribution in [-0.2, 0) is 6.54 Å². The Hall–Kier alpha value is -2.18. The first kappa shape index (κ1) is 23.1. The number of rotatable bonds is 8. The topological polar surface area (TPSA) is 44.3 Å². The molecule has 0 amide bonds. The van der Waals surface area contributed by atoms with Crippen LogP contribution in [0, 0.1) is 20.8 Å². The van der Waals surface area contributed by atoms with Gasteiger partial charge in [-0.2, -0.15) is 13.2 Å². The van der Waals surface area contributed by atoms with Crippen LogP contribution in [0.25, 0.3) is 0 Å². The van der Waals surface area contributed by atoms with Gasteiger partial charge in [-0.25, -0.2) is 0 Å². The molecule has 3 N–H and O–H groups in total. The van der Waals surface area contributed by atoms with E-state index in [1.54, 1.807) is 26.0 Å². The van der Waals surface area contributed by atoms with Gasteiger partial charge in [-0.3, -0.25) is 0 Å². The van der Waals surface area contributed by atoms with E-state index in [0.717, 1.165) is 16.7 Å². The fourth-order valence-electron chi connectivity index (χ4n) is 3.12. The maximum absolute atomic E-state index is 13.8. The van der Waals surface area contributed by atoms with Crippen LogP contribution in [0.5, 0.6) is 0 Å². The maximum Gasteiger partial charge on any atom is 0.412 e. The highest BCUT2D eigenvalue weighted by atomic mass is 35.5. The first-order valence-corrected chi connectivity index (χ1v) is 9.64. The number of nitrogens with one attached hydrogen (secondary N) is 2. The van der Waals surface area contributed by atoms with Crippen LogP contribution in [-0.4, -0.2) is 17.8 Å². The number of aryl methyl sites for hydroxylation is 2. The summed E-state index contributed by atoms with van der Waals surface area (Å²) in [6.45, 7) is 9.85. The molecule has 0 fully saturated rings. The molecule has 0 heterocycles. The van der Waals surface area contributed by atoms with Gasteiger partial charge >= 0.3 is 6.18 Å². The van der Waals surface area contributed by atoms with E-state index in [0.29, 0.717) is 35.8 Å². The van der Waals surface area contributed by atoms with Gasteiger partial charge in [0, 0.05) is 30.2 Å². The molecule has 2 aromatic carbocycles. The maximum atomic E-state index is 13.8. The van der Waals surface area contributed by atoms with Gasteiger partial charge in [-0.05, 0) is 60.7 Å². The molecule has 0 aliphatic rings. The highest BCUT2D eigenvalue weighted by Crippen LogP contribution is 2.38. The monoisotopic (exact) mass is 426 g/mol. The fourth-order valence-corrected chi connectivity index (χ4v) is 3.24. The molecule has 0 saturated heterocycles. The normalized spacial score (nSPS) is 12.7. The van der Waals surface area contributed by atoms with E-state index < -0.39 is 12.2 Å². The zero-order valence-corrected chi connectivity index (χ0v) is 17.5. The van der Waals surface area contributed by atoms with Crippen molar-refractivity contribution in [1.29, 1.82) is 0 Å². The van der Waals surface area contributed by atoms with Gasteiger partial charge in [0.1, 0.15) is 6.04 Å². The second-order valence-corrected chi connectivity index (χ2v) is 7.56. The van der Waals surface area contributed by atoms with Crippen LogP contribution in [0.1, 0.15) is 40.3 Å². The van der Waals surface area contributed by atoms with Gasteiger partial charge in [0.25, 0.3) is 0 Å². The third kappa shape index (κ3) is 6.15. The van der Waals surface area contributed by atoms with E-state index in [1.807, 2.05) is 6.92 Å². The molecule has 7 heteroatoms. The summed E-state index contributed by atoms with van der Waals surface area (Å²) in [4.78, 5) is 0. The molecular formula is C22H26ClF3N2O. The van der Waals surface area contributed by atoms with Crippen molar-refractivity contribution in [2.75, 3.05) is 11.9 Å². The zero-order chi connectivity index (χ0) is 21.8. The predicted molar refractivity (Wildman–Crippen MR) is 113 cm³/mol. The average Bonchev–Trinajstić information content (AvgIpc) is 2.61. The molecule has 0 aliphatic heterocycles. The lowest BCUT2D eigenvalue weighted by molar-refractivity contribution is -0.144. The van der Waals surface area contributed by atoms with Crippen molar-refractivity contribution >= 4 is 17.3 Å². The van der Waals surface area contributed by atoms with Crippen molar-refractivity contribution in [3.8, 4) is 0 Å². The molecule has 0 bridgehead atoms. The molecule has 29 heavy (non-hydrogen) atoms. The smallest absolute Gasteiger partial charge is 0.412 e. The predicted octanol–water partition coefficient (Wildman–Crippen LogP) is 6.53. The molecule has 0 spiro atoms. The van der Waals surface area contributed by atoms with Crippen molar-refractivity contribution in [3.63, 3.8) is 0 Å². The summed E-state index contributed by atoms with van der Waals surface area (Å²) in [5.41, 5.74) is 3.78. The third-order valence-corrected chi connectivity index (χ3v) is 5.29. The lowest BCUT2D eigenvalue weighted by atomic mass is 9.98. The Bertz CT molecular complexity index is 881. The van der Waals surface area contributed by atoms with E-state index in [2.05, 4.69) is 17.2 Å². The van der Waals surface area contributed by atoms with Crippen molar-refractivity contribution in [3.05, 3.63) is 75.5 Å². The van der Waals surface area contributed by atoms with Crippen molar-refractivity contribution in [2.45, 2.75) is 46.0 Å². The lowest BCUT2D eigenvalue weighted by Crippen LogP contribution is -2.28. The van der Waals surface area contributed by atoms with Gasteiger partial charge in [0.2, 0.25) is 0 Å². The number of alkyl halides is 3. The minimum atomic E-state index is -4.47. The highest BCUT2D eigenvalue weighted by molar-refractivity contribution is 6.31. The number of anilines is 1. The summed E-state index contributed by atoms with van der Waals surface area (Å²) in [5, 5.41) is 15.5. The van der Waals surface area contributed by atoms with Gasteiger partial charge in [-0.1, -0.05) is 36.4 Å². The van der Waals surface area contributed by atoms with Crippen LogP contribution in [0.2, 0.25) is 5.02 Å². The number of halogens is 4. The SMILES string of the molecule is C=C(O)CCNCc1c(C)ccc(N[C@@H](c2ccc(Cl)c(C)c2)C(F)(F)F)c1C. The Kier molecular flexibility index (Phi) is 7.60. The number of hydrogen-bond acceptors (Lipinski definition) is 3. The van der Waals surface area contributed by atoms with E-state index in [1.165, 1.54) is 18.2 Å². The summed E-state index contributed by atoms with van der Waals surface area (Å²) in [7, 11) is 0. The Balaban J connectivity index is 2.30. The molecule has 2 aromatic rings. The van der Waals surface area contributed by atoms with Crippen LogP contribution >= 0.6 is 11.6 Å². The quantitative estimate of drug-likeness (QED) is 0.332. The van der Waals surface area contributed by atoms with Gasteiger partial charge in [0.05, 0.1) is 5.76 Å². The van der Waals surface area contributed by atoms with Crippen molar-refractivity contribution in [2.24, 2.45) is 0 Å². The second-order valence-electron chi connectivity index (χ2n) is 7.15. The molecule has 0 aromatic heterocycles. The molecule has 0 saturated carbocycles. The van der Waals surface area contributed by atoms with E-state index in [-0.39, 0.29) is 11.3 Å². The molecule has 3 nitrogen and oxygen atoms in total. The summed E-state index contributed by atoms with van der Waals surface area (Å²) in [6, 6.07) is 5.97. The first-order chi connectivity index (χ1) is 13.5. The van der Waals surface area contributed by atoms with E-state index >= 15 is 0 Å². The molecule has 0 aliphatic carbocycles. The Morgan fingerprint density at radius 1 is 1.14 bits per heavy atom. The molecule has 0 unspecified atom stereocenters. The first-order valence-electron chi connectivity index (χ1n) is 9.26. The molecule has 1 atom stereocenters. The van der Waals surface area contributed by atoms with Crippen LogP contribution in [0.3, 0.4) is 0 Å². The summed E-state index contributed by atoms with van der Waals surface area (Å²) >= 11 is 5.97. The van der Waals surface area contributed by atoms with Crippen molar-refractivity contribution in [1.82, 2.24) is 5.32 Å². The number of hydrogen-bond donors (Lipinski definition) is 3. The zero-order valence-electron chi connectivity index (χ0n) is 16.8. The second kappa shape index (κ2) is 9.55. The van der Waals surface area contributed by atoms with Gasteiger partial charge < -0.3 is 15.7 Å². The fraction of sp³-hybridized carbons (Fsp3) is 0.364. The van der Waals surface area contributed by atoms with Crippen LogP contribution < -0.4 is 10.6 Å². The van der Waals surface area contributed by atoms with Gasteiger partial charge in [-0.15, -0.1) is 0 Å². The Morgan fingerprint density at radius 3 is 2.41 bits per heavy atom. The van der Waals surface area contributed by atoms with Crippen molar-refractivity contribution < 1.29 is 18.3 Å². The number of aliphatic hydroxyl groups excluding tert-OH is 1. The molecular weight excluding hydrogens is 401 g/mol. The number of aliphatic hydroxyl groups is 1. The summed E-state index contributed by atoms with van der Waals surface area (Å²) in [5.74, 6) is 0.0904. The molecule has 0 radical (unpaired) electrons. The summed E-state index contributed by atoms with van der Waals surface area (Å²) in [6.07, 6.45) is -4.06. The minimum Gasteiger partial charge on any atom is -0.513 e. The Labute approximate surface area is 174 Å². The van der Waals surface area contributed by atoms with Gasteiger partial charge in [0.15, 0.2) is 0 Å².